The van der Waals surface area contributed by atoms with Crippen molar-refractivity contribution in [2.24, 2.45) is 0 Å². The molecule has 0 bridgehead atoms. The van der Waals surface area contributed by atoms with Gasteiger partial charge in [0.05, 0.1) is 6.26 Å². The SMILES string of the molecule is CC(=O)c1cc(-c2ccco2)nc(N)n1. The van der Waals surface area contributed by atoms with Crippen molar-refractivity contribution < 1.29 is 9.21 Å². The van der Waals surface area contributed by atoms with Gasteiger partial charge in [-0.2, -0.15) is 0 Å². The fraction of sp³-hybridized carbons (Fsp3) is 0.100. The van der Waals surface area contributed by atoms with Crippen LogP contribution in [0.15, 0.2) is 28.9 Å². The third-order valence-electron chi connectivity index (χ3n) is 1.88. The third kappa shape index (κ3) is 1.85. The van der Waals surface area contributed by atoms with Gasteiger partial charge in [-0.15, -0.1) is 0 Å². The number of hydrogen-bond acceptors (Lipinski definition) is 5. The molecule has 0 saturated carbocycles. The summed E-state index contributed by atoms with van der Waals surface area (Å²) in [6, 6.07) is 5.03. The standard InChI is InChI=1S/C10H9N3O2/c1-6(14)7-5-8(13-10(11)12-7)9-3-2-4-15-9/h2-5H,1H3,(H2,11,12,13). The molecule has 76 valence electrons. The molecule has 0 aliphatic rings. The van der Waals surface area contributed by atoms with E-state index in [2.05, 4.69) is 9.97 Å². The van der Waals surface area contributed by atoms with E-state index in [0.29, 0.717) is 11.5 Å². The third-order valence-corrected chi connectivity index (χ3v) is 1.88. The van der Waals surface area contributed by atoms with Crippen LogP contribution in [0.3, 0.4) is 0 Å². The molecular weight excluding hydrogens is 194 g/mol. The first-order valence-corrected chi connectivity index (χ1v) is 4.36. The van der Waals surface area contributed by atoms with Crippen LogP contribution in [0, 0.1) is 0 Å². The molecule has 0 unspecified atom stereocenters. The molecule has 0 saturated heterocycles. The topological polar surface area (TPSA) is 82.0 Å². The van der Waals surface area contributed by atoms with Gasteiger partial charge in [-0.25, -0.2) is 9.97 Å². The molecule has 0 aliphatic heterocycles. The van der Waals surface area contributed by atoms with Crippen molar-refractivity contribution in [2.75, 3.05) is 5.73 Å². The summed E-state index contributed by atoms with van der Waals surface area (Å²) < 4.78 is 5.15. The van der Waals surface area contributed by atoms with Gasteiger partial charge >= 0.3 is 0 Å². The average molecular weight is 203 g/mol. The number of anilines is 1. The number of hydrogen-bond donors (Lipinski definition) is 1. The first-order chi connectivity index (χ1) is 7.16. The van der Waals surface area contributed by atoms with Gasteiger partial charge in [0.1, 0.15) is 11.4 Å². The van der Waals surface area contributed by atoms with Gasteiger partial charge in [0.15, 0.2) is 11.5 Å². The Bertz CT molecular complexity index is 491. The summed E-state index contributed by atoms with van der Waals surface area (Å²) in [6.07, 6.45) is 1.53. The van der Waals surface area contributed by atoms with Crippen LogP contribution in [0.1, 0.15) is 17.4 Å². The number of nitrogen functional groups attached to an aromatic ring is 1. The average Bonchev–Trinajstić information content (AvgIpc) is 2.69. The zero-order valence-corrected chi connectivity index (χ0v) is 8.10. The number of Topliss-reactive ketones (excluding diaryl/α,β-unsaturated/α-hetero) is 1. The van der Waals surface area contributed by atoms with E-state index in [-0.39, 0.29) is 17.4 Å². The zero-order chi connectivity index (χ0) is 10.8. The fourth-order valence-corrected chi connectivity index (χ4v) is 1.20. The molecule has 0 spiro atoms. The van der Waals surface area contributed by atoms with Crippen molar-refractivity contribution in [3.05, 3.63) is 30.2 Å². The molecule has 0 radical (unpaired) electrons. The molecule has 0 amide bonds. The van der Waals surface area contributed by atoms with Gasteiger partial charge in [0.25, 0.3) is 0 Å². The minimum absolute atomic E-state index is 0.0640. The van der Waals surface area contributed by atoms with Crippen molar-refractivity contribution in [3.8, 4) is 11.5 Å². The molecule has 2 N–H and O–H groups in total. The number of nitrogens with zero attached hydrogens (tertiary/aromatic N) is 2. The minimum Gasteiger partial charge on any atom is -0.463 e. The van der Waals surface area contributed by atoms with Crippen molar-refractivity contribution in [3.63, 3.8) is 0 Å². The molecule has 0 fully saturated rings. The van der Waals surface area contributed by atoms with E-state index < -0.39 is 0 Å². The molecule has 2 aromatic rings. The van der Waals surface area contributed by atoms with Gasteiger partial charge in [-0.3, -0.25) is 4.79 Å². The van der Waals surface area contributed by atoms with Crippen LogP contribution in [0.2, 0.25) is 0 Å². The number of carbonyl (C=O) groups is 1. The van der Waals surface area contributed by atoms with Gasteiger partial charge < -0.3 is 10.2 Å². The lowest BCUT2D eigenvalue weighted by molar-refractivity contribution is 0.101. The smallest absolute Gasteiger partial charge is 0.221 e. The Morgan fingerprint density at radius 2 is 2.27 bits per heavy atom. The quantitative estimate of drug-likeness (QED) is 0.748. The van der Waals surface area contributed by atoms with Gasteiger partial charge in [0, 0.05) is 6.92 Å². The second kappa shape index (κ2) is 3.53. The van der Waals surface area contributed by atoms with E-state index in [4.69, 9.17) is 10.2 Å². The van der Waals surface area contributed by atoms with Gasteiger partial charge in [0.2, 0.25) is 5.95 Å². The first-order valence-electron chi connectivity index (χ1n) is 4.36. The summed E-state index contributed by atoms with van der Waals surface area (Å²) in [6.45, 7) is 1.42. The Hall–Kier alpha value is -2.17. The minimum atomic E-state index is -0.156. The van der Waals surface area contributed by atoms with Crippen LogP contribution in [-0.2, 0) is 0 Å². The zero-order valence-electron chi connectivity index (χ0n) is 8.10. The predicted octanol–water partition coefficient (Wildman–Crippen LogP) is 1.52. The van der Waals surface area contributed by atoms with E-state index in [1.807, 2.05) is 0 Å². The molecule has 2 rings (SSSR count). The second-order valence-corrected chi connectivity index (χ2v) is 3.03. The number of nitrogens with two attached hydrogens (primary N) is 1. The predicted molar refractivity (Wildman–Crippen MR) is 54.2 cm³/mol. The van der Waals surface area contributed by atoms with Crippen LogP contribution >= 0.6 is 0 Å². The van der Waals surface area contributed by atoms with E-state index in [0.717, 1.165) is 0 Å². The van der Waals surface area contributed by atoms with E-state index in [1.165, 1.54) is 13.2 Å². The normalized spacial score (nSPS) is 10.2. The first kappa shape index (κ1) is 9.39. The highest BCUT2D eigenvalue weighted by Crippen LogP contribution is 2.18. The van der Waals surface area contributed by atoms with Crippen LogP contribution in [0.4, 0.5) is 5.95 Å². The highest BCUT2D eigenvalue weighted by atomic mass is 16.3. The van der Waals surface area contributed by atoms with E-state index >= 15 is 0 Å². The maximum absolute atomic E-state index is 11.1. The van der Waals surface area contributed by atoms with Crippen LogP contribution in [0.5, 0.6) is 0 Å². The Labute approximate surface area is 86.0 Å². The van der Waals surface area contributed by atoms with E-state index in [1.54, 1.807) is 18.2 Å². The highest BCUT2D eigenvalue weighted by Gasteiger charge is 2.09. The summed E-state index contributed by atoms with van der Waals surface area (Å²) in [5.41, 5.74) is 6.28. The maximum atomic E-state index is 11.1. The maximum Gasteiger partial charge on any atom is 0.221 e. The Morgan fingerprint density at radius 1 is 1.47 bits per heavy atom. The van der Waals surface area contributed by atoms with Crippen molar-refractivity contribution in [1.82, 2.24) is 9.97 Å². The second-order valence-electron chi connectivity index (χ2n) is 3.03. The van der Waals surface area contributed by atoms with Gasteiger partial charge in [-0.05, 0) is 18.2 Å². The lowest BCUT2D eigenvalue weighted by Crippen LogP contribution is -2.03. The molecule has 5 heteroatoms. The number of furan rings is 1. The summed E-state index contributed by atoms with van der Waals surface area (Å²) in [5, 5.41) is 0. The largest absolute Gasteiger partial charge is 0.463 e. The Kier molecular flexibility index (Phi) is 2.21. The summed E-state index contributed by atoms with van der Waals surface area (Å²) in [7, 11) is 0. The van der Waals surface area contributed by atoms with Crippen LogP contribution in [-0.4, -0.2) is 15.8 Å². The summed E-state index contributed by atoms with van der Waals surface area (Å²) >= 11 is 0. The fourth-order valence-electron chi connectivity index (χ4n) is 1.20. The van der Waals surface area contributed by atoms with E-state index in [9.17, 15) is 4.79 Å². The molecule has 2 aromatic heterocycles. The van der Waals surface area contributed by atoms with Crippen LogP contribution in [0.25, 0.3) is 11.5 Å². The number of rotatable bonds is 2. The van der Waals surface area contributed by atoms with Crippen molar-refractivity contribution in [2.45, 2.75) is 6.92 Å². The molecule has 2 heterocycles. The Morgan fingerprint density at radius 3 is 2.87 bits per heavy atom. The van der Waals surface area contributed by atoms with Crippen LogP contribution < -0.4 is 5.73 Å². The lowest BCUT2D eigenvalue weighted by atomic mass is 10.2. The lowest BCUT2D eigenvalue weighted by Gasteiger charge is -2.00. The summed E-state index contributed by atoms with van der Waals surface area (Å²) in [5.74, 6) is 0.470. The molecule has 5 nitrogen and oxygen atoms in total. The molecule has 0 atom stereocenters. The number of carbonyl (C=O) groups excluding carboxylic acids is 1. The summed E-state index contributed by atoms with van der Waals surface area (Å²) in [4.78, 5) is 18.9. The van der Waals surface area contributed by atoms with Crippen molar-refractivity contribution in [1.29, 1.82) is 0 Å². The Balaban J connectivity index is 2.54. The number of ketones is 1. The molecule has 0 aromatic carbocycles. The van der Waals surface area contributed by atoms with Gasteiger partial charge in [-0.1, -0.05) is 0 Å². The van der Waals surface area contributed by atoms with Crippen molar-refractivity contribution >= 4 is 11.7 Å². The molecule has 15 heavy (non-hydrogen) atoms. The highest BCUT2D eigenvalue weighted by molar-refractivity contribution is 5.93. The molecule has 0 aliphatic carbocycles. The monoisotopic (exact) mass is 203 g/mol. The number of aromatic nitrogens is 2. The molecular formula is C10H9N3O2.